The molecule has 122 valence electrons. The number of ether oxygens (including phenoxy) is 1. The molecule has 2 aliphatic heterocycles. The van der Waals surface area contributed by atoms with Gasteiger partial charge in [-0.1, -0.05) is 11.6 Å². The van der Waals surface area contributed by atoms with Crippen LogP contribution >= 0.6 is 0 Å². The van der Waals surface area contributed by atoms with E-state index in [0.29, 0.717) is 30.4 Å². The average Bonchev–Trinajstić information content (AvgIpc) is 2.38. The number of benzene rings is 1. The highest BCUT2D eigenvalue weighted by Gasteiger charge is 2.38. The Hall–Kier alpha value is -1.27. The second-order valence-electron chi connectivity index (χ2n) is 6.24. The maximum Gasteiger partial charge on any atom is 0.418 e. The van der Waals surface area contributed by atoms with Gasteiger partial charge in [0, 0.05) is 31.4 Å². The zero-order valence-electron chi connectivity index (χ0n) is 12.9. The van der Waals surface area contributed by atoms with Crippen LogP contribution in [0.4, 0.5) is 18.9 Å². The van der Waals surface area contributed by atoms with Crippen LogP contribution in [0.2, 0.25) is 0 Å². The maximum atomic E-state index is 13.3. The van der Waals surface area contributed by atoms with Crippen molar-refractivity contribution in [1.82, 2.24) is 4.90 Å². The van der Waals surface area contributed by atoms with E-state index >= 15 is 0 Å². The SMILES string of the molecule is Cc1ccc(N2CCN(C3COC3)[C@H](C)C2)c(C(F)(F)F)c1. The average molecular weight is 314 g/mol. The lowest BCUT2D eigenvalue weighted by atomic mass is 10.0. The minimum Gasteiger partial charge on any atom is -0.378 e. The van der Waals surface area contributed by atoms with Gasteiger partial charge in [0.2, 0.25) is 0 Å². The number of rotatable bonds is 2. The third-order valence-corrected chi connectivity index (χ3v) is 4.57. The fourth-order valence-electron chi connectivity index (χ4n) is 3.30. The first-order valence-electron chi connectivity index (χ1n) is 7.62. The Bertz CT molecular complexity index is 543. The molecule has 1 aromatic rings. The quantitative estimate of drug-likeness (QED) is 0.835. The third-order valence-electron chi connectivity index (χ3n) is 4.57. The van der Waals surface area contributed by atoms with E-state index in [9.17, 15) is 13.2 Å². The summed E-state index contributed by atoms with van der Waals surface area (Å²) in [5.41, 5.74) is 0.406. The normalized spacial score (nSPS) is 24.4. The molecule has 0 bridgehead atoms. The molecule has 3 nitrogen and oxygen atoms in total. The van der Waals surface area contributed by atoms with Gasteiger partial charge >= 0.3 is 6.18 Å². The summed E-state index contributed by atoms with van der Waals surface area (Å²) < 4.78 is 45.1. The van der Waals surface area contributed by atoms with E-state index in [1.165, 1.54) is 6.07 Å². The second-order valence-corrected chi connectivity index (χ2v) is 6.24. The molecule has 0 unspecified atom stereocenters. The minimum atomic E-state index is -4.32. The lowest BCUT2D eigenvalue weighted by Gasteiger charge is -2.47. The summed E-state index contributed by atoms with van der Waals surface area (Å²) in [4.78, 5) is 4.21. The number of aryl methyl sites for hydroxylation is 1. The van der Waals surface area contributed by atoms with Crippen LogP contribution in [0.3, 0.4) is 0 Å². The Kier molecular flexibility index (Phi) is 4.07. The monoisotopic (exact) mass is 314 g/mol. The van der Waals surface area contributed by atoms with Gasteiger partial charge in [-0.3, -0.25) is 4.90 Å². The molecule has 1 aromatic carbocycles. The fraction of sp³-hybridized carbons (Fsp3) is 0.625. The summed E-state index contributed by atoms with van der Waals surface area (Å²) in [5.74, 6) is 0. The van der Waals surface area contributed by atoms with E-state index in [-0.39, 0.29) is 6.04 Å². The van der Waals surface area contributed by atoms with E-state index < -0.39 is 11.7 Å². The molecule has 0 spiro atoms. The standard InChI is InChI=1S/C16H21F3N2O/c1-11-3-4-15(14(7-11)16(17,18)19)20-5-6-21(12(2)8-20)13-9-22-10-13/h3-4,7,12-13H,5-6,8-10H2,1-2H3/t12-/m1/s1. The Balaban J connectivity index is 1.80. The molecule has 0 aromatic heterocycles. The molecule has 0 N–H and O–H groups in total. The number of nitrogens with zero attached hydrogens (tertiary/aromatic N) is 2. The number of anilines is 1. The third kappa shape index (κ3) is 2.94. The van der Waals surface area contributed by atoms with Crippen molar-refractivity contribution in [2.45, 2.75) is 32.1 Å². The van der Waals surface area contributed by atoms with Crippen molar-refractivity contribution >= 4 is 5.69 Å². The fourth-order valence-corrected chi connectivity index (χ4v) is 3.30. The van der Waals surface area contributed by atoms with Gasteiger partial charge in [-0.15, -0.1) is 0 Å². The Labute approximate surface area is 128 Å². The molecule has 2 fully saturated rings. The van der Waals surface area contributed by atoms with E-state index in [4.69, 9.17) is 4.74 Å². The summed E-state index contributed by atoms with van der Waals surface area (Å²) >= 11 is 0. The van der Waals surface area contributed by atoms with Crippen molar-refractivity contribution in [3.05, 3.63) is 29.3 Å². The Morgan fingerprint density at radius 3 is 2.45 bits per heavy atom. The number of alkyl halides is 3. The van der Waals surface area contributed by atoms with Gasteiger partial charge in [0.1, 0.15) is 0 Å². The number of piperazine rings is 1. The first-order valence-corrected chi connectivity index (χ1v) is 7.62. The summed E-state index contributed by atoms with van der Waals surface area (Å²) in [5, 5.41) is 0. The molecule has 0 amide bonds. The van der Waals surface area contributed by atoms with Crippen molar-refractivity contribution in [2.24, 2.45) is 0 Å². The first kappa shape index (κ1) is 15.6. The highest BCUT2D eigenvalue weighted by atomic mass is 19.4. The summed E-state index contributed by atoms with van der Waals surface area (Å²) in [6, 6.07) is 5.25. The van der Waals surface area contributed by atoms with E-state index in [1.54, 1.807) is 19.1 Å². The predicted octanol–water partition coefficient (Wildman–Crippen LogP) is 2.92. The van der Waals surface area contributed by atoms with Crippen LogP contribution in [-0.2, 0) is 10.9 Å². The molecule has 0 aliphatic carbocycles. The molecule has 2 heterocycles. The van der Waals surface area contributed by atoms with Crippen molar-refractivity contribution < 1.29 is 17.9 Å². The molecular weight excluding hydrogens is 293 g/mol. The lowest BCUT2D eigenvalue weighted by molar-refractivity contribution is -0.137. The van der Waals surface area contributed by atoms with Crippen molar-refractivity contribution in [1.29, 1.82) is 0 Å². The van der Waals surface area contributed by atoms with Crippen LogP contribution in [0.15, 0.2) is 18.2 Å². The molecule has 3 rings (SSSR count). The molecule has 0 saturated carbocycles. The van der Waals surface area contributed by atoms with Gasteiger partial charge in [-0.05, 0) is 26.0 Å². The highest BCUT2D eigenvalue weighted by molar-refractivity contribution is 5.57. The Morgan fingerprint density at radius 1 is 1.18 bits per heavy atom. The molecule has 2 aliphatic rings. The molecular formula is C16H21F3N2O. The lowest BCUT2D eigenvalue weighted by Crippen LogP contribution is -2.60. The zero-order chi connectivity index (χ0) is 15.9. The second kappa shape index (κ2) is 5.74. The maximum absolute atomic E-state index is 13.3. The molecule has 1 atom stereocenters. The number of halogens is 3. The van der Waals surface area contributed by atoms with E-state index in [2.05, 4.69) is 11.8 Å². The van der Waals surface area contributed by atoms with Crippen LogP contribution < -0.4 is 4.90 Å². The van der Waals surface area contributed by atoms with E-state index in [0.717, 1.165) is 19.8 Å². The predicted molar refractivity (Wildman–Crippen MR) is 79.2 cm³/mol. The van der Waals surface area contributed by atoms with Gasteiger partial charge in [0.25, 0.3) is 0 Å². The van der Waals surface area contributed by atoms with Gasteiger partial charge in [-0.2, -0.15) is 13.2 Å². The van der Waals surface area contributed by atoms with Crippen molar-refractivity contribution in [3.8, 4) is 0 Å². The topological polar surface area (TPSA) is 15.7 Å². The first-order chi connectivity index (χ1) is 10.4. The minimum absolute atomic E-state index is 0.227. The van der Waals surface area contributed by atoms with Gasteiger partial charge in [0.05, 0.1) is 24.8 Å². The van der Waals surface area contributed by atoms with Crippen LogP contribution in [0.25, 0.3) is 0 Å². The number of hydrogen-bond acceptors (Lipinski definition) is 3. The van der Waals surface area contributed by atoms with Gasteiger partial charge in [0.15, 0.2) is 0 Å². The molecule has 2 saturated heterocycles. The molecule has 6 heteroatoms. The smallest absolute Gasteiger partial charge is 0.378 e. The zero-order valence-corrected chi connectivity index (χ0v) is 12.9. The van der Waals surface area contributed by atoms with E-state index in [1.807, 2.05) is 4.90 Å². The van der Waals surface area contributed by atoms with Gasteiger partial charge in [-0.25, -0.2) is 0 Å². The van der Waals surface area contributed by atoms with Crippen LogP contribution in [0.5, 0.6) is 0 Å². The largest absolute Gasteiger partial charge is 0.418 e. The van der Waals surface area contributed by atoms with Gasteiger partial charge < -0.3 is 9.64 Å². The van der Waals surface area contributed by atoms with Crippen LogP contribution in [0, 0.1) is 6.92 Å². The van der Waals surface area contributed by atoms with Crippen molar-refractivity contribution in [2.75, 3.05) is 37.7 Å². The van der Waals surface area contributed by atoms with Crippen LogP contribution in [-0.4, -0.2) is 49.8 Å². The Morgan fingerprint density at radius 2 is 1.91 bits per heavy atom. The summed E-state index contributed by atoms with van der Waals surface area (Å²) in [7, 11) is 0. The summed E-state index contributed by atoms with van der Waals surface area (Å²) in [6.07, 6.45) is -4.32. The molecule has 0 radical (unpaired) electrons. The summed E-state index contributed by atoms with van der Waals surface area (Å²) in [6.45, 7) is 7.25. The highest BCUT2D eigenvalue weighted by Crippen LogP contribution is 2.38. The van der Waals surface area contributed by atoms with Crippen molar-refractivity contribution in [3.63, 3.8) is 0 Å². The van der Waals surface area contributed by atoms with Crippen LogP contribution in [0.1, 0.15) is 18.1 Å². The molecule has 22 heavy (non-hydrogen) atoms. The number of hydrogen-bond donors (Lipinski definition) is 0.